The third kappa shape index (κ3) is 2.36. The number of halogens is 3. The van der Waals surface area contributed by atoms with Gasteiger partial charge in [0.2, 0.25) is 0 Å². The molecule has 1 unspecified atom stereocenters. The molecule has 2 aromatic rings. The molecule has 0 saturated heterocycles. The second-order valence-corrected chi connectivity index (χ2v) is 7.93. The maximum Gasteiger partial charge on any atom is 0.127 e. The summed E-state index contributed by atoms with van der Waals surface area (Å²) in [6.45, 7) is 0.747. The first kappa shape index (κ1) is 13.0. The van der Waals surface area contributed by atoms with Crippen LogP contribution >= 0.6 is 54.8 Å². The second-order valence-electron chi connectivity index (χ2n) is 4.09. The number of hydrogen-bond acceptors (Lipinski definition) is 2. The first-order valence-corrected chi connectivity index (χ1v) is 8.40. The fourth-order valence-corrected chi connectivity index (χ4v) is 4.55. The Morgan fingerprint density at radius 1 is 1.33 bits per heavy atom. The number of fused-ring (bicyclic) bond motifs is 1. The van der Waals surface area contributed by atoms with Gasteiger partial charge in [-0.15, -0.1) is 11.3 Å². The Balaban J connectivity index is 2.06. The van der Waals surface area contributed by atoms with E-state index >= 15 is 0 Å². The zero-order chi connectivity index (χ0) is 12.7. The number of hydrogen-bond donors (Lipinski definition) is 0. The van der Waals surface area contributed by atoms with E-state index in [1.807, 2.05) is 12.1 Å². The smallest absolute Gasteiger partial charge is 0.127 e. The lowest BCUT2D eigenvalue weighted by Gasteiger charge is -2.13. The van der Waals surface area contributed by atoms with E-state index in [1.54, 1.807) is 11.3 Å². The molecule has 1 aliphatic heterocycles. The minimum absolute atomic E-state index is 0.124. The van der Waals surface area contributed by atoms with Crippen LogP contribution in [-0.2, 0) is 6.42 Å². The van der Waals surface area contributed by atoms with Crippen molar-refractivity contribution in [1.82, 2.24) is 0 Å². The Hall–Kier alpha value is -0.0300. The van der Waals surface area contributed by atoms with Crippen LogP contribution in [0, 0.1) is 0 Å². The van der Waals surface area contributed by atoms with E-state index in [9.17, 15) is 0 Å². The molecule has 0 aliphatic carbocycles. The van der Waals surface area contributed by atoms with E-state index in [-0.39, 0.29) is 4.83 Å². The highest BCUT2D eigenvalue weighted by molar-refractivity contribution is 9.11. The van der Waals surface area contributed by atoms with Gasteiger partial charge >= 0.3 is 0 Å². The third-order valence-corrected chi connectivity index (χ3v) is 6.09. The van der Waals surface area contributed by atoms with Crippen molar-refractivity contribution < 1.29 is 4.74 Å². The van der Waals surface area contributed by atoms with Crippen LogP contribution in [-0.4, -0.2) is 6.61 Å². The maximum atomic E-state index is 6.18. The lowest BCUT2D eigenvalue weighted by Crippen LogP contribution is -1.95. The average Bonchev–Trinajstić information content (AvgIpc) is 2.95. The highest BCUT2D eigenvalue weighted by Crippen LogP contribution is 2.44. The second kappa shape index (κ2) is 5.16. The fourth-order valence-electron chi connectivity index (χ4n) is 2.10. The van der Waals surface area contributed by atoms with Crippen LogP contribution in [0.3, 0.4) is 0 Å². The van der Waals surface area contributed by atoms with Gasteiger partial charge in [0.25, 0.3) is 0 Å². The predicted molar refractivity (Wildman–Crippen MR) is 83.4 cm³/mol. The standard InChI is InChI=1S/C13H9Br2ClOS/c14-11-2-1-10(18-11)12(15)9-6-8(16)5-7-3-4-17-13(7)9/h1-2,5-6,12H,3-4H2. The van der Waals surface area contributed by atoms with Gasteiger partial charge in [-0.2, -0.15) is 0 Å². The van der Waals surface area contributed by atoms with Crippen LogP contribution in [0.15, 0.2) is 28.1 Å². The molecule has 0 saturated carbocycles. The van der Waals surface area contributed by atoms with Crippen molar-refractivity contribution in [2.75, 3.05) is 6.61 Å². The van der Waals surface area contributed by atoms with Gasteiger partial charge in [-0.1, -0.05) is 27.5 Å². The molecular formula is C13H9Br2ClOS. The lowest BCUT2D eigenvalue weighted by atomic mass is 10.0. The first-order chi connectivity index (χ1) is 8.65. The molecule has 0 fully saturated rings. The molecule has 1 nitrogen and oxygen atoms in total. The Bertz CT molecular complexity index is 597. The molecule has 0 amide bonds. The van der Waals surface area contributed by atoms with Crippen molar-refractivity contribution in [1.29, 1.82) is 0 Å². The number of thiophene rings is 1. The molecule has 1 atom stereocenters. The zero-order valence-corrected chi connectivity index (χ0v) is 14.0. The molecule has 1 aromatic heterocycles. The average molecular weight is 409 g/mol. The summed E-state index contributed by atoms with van der Waals surface area (Å²) in [5.74, 6) is 0.991. The van der Waals surface area contributed by atoms with Gasteiger partial charge in [0, 0.05) is 21.9 Å². The van der Waals surface area contributed by atoms with Crippen molar-refractivity contribution >= 4 is 54.8 Å². The summed E-state index contributed by atoms with van der Waals surface area (Å²) in [5, 5.41) is 0.773. The van der Waals surface area contributed by atoms with Crippen LogP contribution in [0.4, 0.5) is 0 Å². The highest BCUT2D eigenvalue weighted by atomic mass is 79.9. The summed E-state index contributed by atoms with van der Waals surface area (Å²) in [7, 11) is 0. The SMILES string of the molecule is Clc1cc2c(c(C(Br)c3ccc(Br)s3)c1)OCC2. The first-order valence-electron chi connectivity index (χ1n) is 5.49. The highest BCUT2D eigenvalue weighted by Gasteiger charge is 2.23. The topological polar surface area (TPSA) is 9.23 Å². The van der Waals surface area contributed by atoms with Gasteiger partial charge in [-0.05, 0) is 45.8 Å². The monoisotopic (exact) mass is 406 g/mol. The molecule has 0 spiro atoms. The summed E-state index contributed by atoms with van der Waals surface area (Å²) < 4.78 is 6.86. The Morgan fingerprint density at radius 3 is 2.89 bits per heavy atom. The molecule has 3 rings (SSSR count). The molecule has 18 heavy (non-hydrogen) atoms. The molecule has 2 heterocycles. The molecule has 0 N–H and O–H groups in total. The lowest BCUT2D eigenvalue weighted by molar-refractivity contribution is 0.354. The molecule has 1 aromatic carbocycles. The van der Waals surface area contributed by atoms with Crippen LogP contribution in [0.2, 0.25) is 5.02 Å². The van der Waals surface area contributed by atoms with Crippen molar-refractivity contribution in [3.8, 4) is 5.75 Å². The summed E-state index contributed by atoms with van der Waals surface area (Å²) in [5.41, 5.74) is 2.32. The summed E-state index contributed by atoms with van der Waals surface area (Å²) in [4.78, 5) is 1.36. The van der Waals surface area contributed by atoms with E-state index < -0.39 is 0 Å². The van der Waals surface area contributed by atoms with Crippen LogP contribution in [0.5, 0.6) is 5.75 Å². The van der Waals surface area contributed by atoms with E-state index in [0.717, 1.165) is 33.1 Å². The summed E-state index contributed by atoms with van der Waals surface area (Å²) in [6, 6.07) is 8.15. The molecule has 0 bridgehead atoms. The Labute approximate surface area is 131 Å². The van der Waals surface area contributed by atoms with Crippen molar-refractivity contribution in [3.05, 3.63) is 49.1 Å². The Morgan fingerprint density at radius 2 is 2.17 bits per heavy atom. The van der Waals surface area contributed by atoms with Gasteiger partial charge in [0.05, 0.1) is 15.2 Å². The third-order valence-electron chi connectivity index (χ3n) is 2.89. The minimum atomic E-state index is 0.124. The number of benzene rings is 1. The van der Waals surface area contributed by atoms with Crippen LogP contribution in [0.1, 0.15) is 20.8 Å². The molecular weight excluding hydrogens is 399 g/mol. The normalized spacial score (nSPS) is 15.3. The summed E-state index contributed by atoms with van der Waals surface area (Å²) >= 11 is 15.1. The van der Waals surface area contributed by atoms with Gasteiger partial charge in [0.15, 0.2) is 0 Å². The molecule has 5 heteroatoms. The minimum Gasteiger partial charge on any atom is -0.493 e. The van der Waals surface area contributed by atoms with Gasteiger partial charge < -0.3 is 4.74 Å². The number of ether oxygens (including phenoxy) is 1. The van der Waals surface area contributed by atoms with E-state index in [1.165, 1.54) is 10.4 Å². The quantitative estimate of drug-likeness (QED) is 0.589. The summed E-state index contributed by atoms with van der Waals surface area (Å²) in [6.07, 6.45) is 0.941. The number of alkyl halides is 1. The molecule has 1 aliphatic rings. The van der Waals surface area contributed by atoms with Gasteiger partial charge in [-0.25, -0.2) is 0 Å². The largest absolute Gasteiger partial charge is 0.493 e. The predicted octanol–water partition coefficient (Wildman–Crippen LogP) is 5.58. The Kier molecular flexibility index (Phi) is 3.72. The van der Waals surface area contributed by atoms with Crippen molar-refractivity contribution in [3.63, 3.8) is 0 Å². The number of rotatable bonds is 2. The van der Waals surface area contributed by atoms with E-state index in [4.69, 9.17) is 16.3 Å². The molecule has 94 valence electrons. The van der Waals surface area contributed by atoms with E-state index in [2.05, 4.69) is 44.0 Å². The van der Waals surface area contributed by atoms with Gasteiger partial charge in [0.1, 0.15) is 5.75 Å². The fraction of sp³-hybridized carbons (Fsp3) is 0.231. The van der Waals surface area contributed by atoms with Crippen molar-refractivity contribution in [2.45, 2.75) is 11.2 Å². The van der Waals surface area contributed by atoms with Gasteiger partial charge in [-0.3, -0.25) is 0 Å². The molecule has 0 radical (unpaired) electrons. The van der Waals surface area contributed by atoms with E-state index in [0.29, 0.717) is 0 Å². The van der Waals surface area contributed by atoms with Crippen molar-refractivity contribution in [2.24, 2.45) is 0 Å². The van der Waals surface area contributed by atoms with Crippen LogP contribution < -0.4 is 4.74 Å². The zero-order valence-electron chi connectivity index (χ0n) is 9.25. The maximum absolute atomic E-state index is 6.18. The van der Waals surface area contributed by atoms with Crippen LogP contribution in [0.25, 0.3) is 0 Å².